The van der Waals surface area contributed by atoms with Gasteiger partial charge in [0, 0.05) is 9.99 Å². The average molecular weight is 409 g/mol. The third-order valence-corrected chi connectivity index (χ3v) is 4.17. The Morgan fingerprint density at radius 3 is 2.64 bits per heavy atom. The van der Waals surface area contributed by atoms with Gasteiger partial charge in [-0.05, 0) is 53.4 Å². The summed E-state index contributed by atoms with van der Waals surface area (Å²) in [6, 6.07) is 11.8. The van der Waals surface area contributed by atoms with E-state index in [1.165, 1.54) is 16.7 Å². The lowest BCUT2D eigenvalue weighted by Crippen LogP contribution is -2.25. The van der Waals surface area contributed by atoms with Gasteiger partial charge in [-0.3, -0.25) is 9.36 Å². The molecule has 0 aliphatic heterocycles. The van der Waals surface area contributed by atoms with E-state index in [1.54, 1.807) is 0 Å². The molecule has 2 aromatic carbocycles. The van der Waals surface area contributed by atoms with Crippen molar-refractivity contribution >= 4 is 33.5 Å². The summed E-state index contributed by atoms with van der Waals surface area (Å²) < 4.78 is 15.8. The van der Waals surface area contributed by atoms with Crippen molar-refractivity contribution in [1.82, 2.24) is 9.55 Å². The second kappa shape index (κ2) is 6.13. The molecule has 1 heterocycles. The first kappa shape index (κ1) is 15.1. The Balaban J connectivity index is 2.42. The number of hydrogen-bond acceptors (Lipinski definition) is 3. The van der Waals surface area contributed by atoms with Crippen molar-refractivity contribution in [3.05, 3.63) is 68.0 Å². The summed E-state index contributed by atoms with van der Waals surface area (Å²) in [6.07, 6.45) is 0.466. The molecule has 0 atom stereocenters. The fourth-order valence-electron chi connectivity index (χ4n) is 2.40. The van der Waals surface area contributed by atoms with Crippen molar-refractivity contribution in [2.24, 2.45) is 5.73 Å². The Kier molecular flexibility index (Phi) is 4.21. The number of fused-ring (bicyclic) bond motifs is 1. The maximum absolute atomic E-state index is 13.7. The number of hydrogen-bond donors (Lipinski definition) is 1. The molecule has 112 valence electrons. The van der Waals surface area contributed by atoms with Crippen LogP contribution in [0.25, 0.3) is 16.6 Å². The van der Waals surface area contributed by atoms with Crippen LogP contribution in [0.5, 0.6) is 0 Å². The minimum atomic E-state index is -0.443. The molecule has 4 nitrogen and oxygen atoms in total. The molecule has 0 radical (unpaired) electrons. The maximum atomic E-state index is 13.7. The summed E-state index contributed by atoms with van der Waals surface area (Å²) in [6.45, 7) is 0.378. The van der Waals surface area contributed by atoms with Crippen LogP contribution in [0.4, 0.5) is 4.39 Å². The highest BCUT2D eigenvalue weighted by molar-refractivity contribution is 14.1. The molecular weight excluding hydrogens is 396 g/mol. The van der Waals surface area contributed by atoms with Crippen LogP contribution in [0.3, 0.4) is 0 Å². The van der Waals surface area contributed by atoms with E-state index in [4.69, 9.17) is 5.73 Å². The molecule has 0 bridgehead atoms. The molecule has 3 aromatic rings. The van der Waals surface area contributed by atoms with Crippen molar-refractivity contribution in [3.63, 3.8) is 0 Å². The summed E-state index contributed by atoms with van der Waals surface area (Å²) >= 11 is 1.99. The molecule has 0 spiro atoms. The third-order valence-electron chi connectivity index (χ3n) is 3.34. The Morgan fingerprint density at radius 2 is 1.95 bits per heavy atom. The van der Waals surface area contributed by atoms with Gasteiger partial charge in [-0.15, -0.1) is 0 Å². The van der Waals surface area contributed by atoms with Crippen molar-refractivity contribution < 1.29 is 4.39 Å². The maximum Gasteiger partial charge on any atom is 0.266 e. The van der Waals surface area contributed by atoms with Gasteiger partial charge in [0.25, 0.3) is 5.56 Å². The van der Waals surface area contributed by atoms with Crippen LogP contribution in [0.2, 0.25) is 0 Å². The summed E-state index contributed by atoms with van der Waals surface area (Å²) in [4.78, 5) is 17.4. The molecule has 0 unspecified atom stereocenters. The van der Waals surface area contributed by atoms with Gasteiger partial charge in [-0.1, -0.05) is 18.2 Å². The predicted octanol–water partition coefficient (Wildman–Crippen LogP) is 2.63. The quantitative estimate of drug-likeness (QED) is 0.677. The van der Waals surface area contributed by atoms with Gasteiger partial charge in [-0.25, -0.2) is 9.37 Å². The van der Waals surface area contributed by atoms with E-state index in [1.807, 2.05) is 52.9 Å². The summed E-state index contributed by atoms with van der Waals surface area (Å²) in [7, 11) is 0. The van der Waals surface area contributed by atoms with Gasteiger partial charge in [0.05, 0.1) is 16.6 Å². The lowest BCUT2D eigenvalue weighted by atomic mass is 10.2. The molecular formula is C16H13FIN3O. The minimum Gasteiger partial charge on any atom is -0.330 e. The highest BCUT2D eigenvalue weighted by Gasteiger charge is 2.15. The monoisotopic (exact) mass is 409 g/mol. The van der Waals surface area contributed by atoms with Gasteiger partial charge in [0.2, 0.25) is 0 Å². The summed E-state index contributed by atoms with van der Waals surface area (Å²) in [5.74, 6) is 0.137. The van der Waals surface area contributed by atoms with Crippen molar-refractivity contribution in [1.29, 1.82) is 0 Å². The summed E-state index contributed by atoms with van der Waals surface area (Å²) in [5.41, 5.74) is 6.58. The van der Waals surface area contributed by atoms with E-state index in [0.29, 0.717) is 33.6 Å². The minimum absolute atomic E-state index is 0.272. The van der Waals surface area contributed by atoms with E-state index >= 15 is 0 Å². The van der Waals surface area contributed by atoms with Crippen LogP contribution < -0.4 is 11.3 Å². The number of rotatable bonds is 3. The smallest absolute Gasteiger partial charge is 0.266 e. The number of nitrogens with zero attached hydrogens (tertiary/aromatic N) is 2. The van der Waals surface area contributed by atoms with E-state index < -0.39 is 5.82 Å². The zero-order chi connectivity index (χ0) is 15.7. The SMILES string of the molecule is NCCc1nc2c(I)cc(F)cc2c(=O)n1-c1ccccc1. The molecule has 0 saturated carbocycles. The van der Waals surface area contributed by atoms with Crippen LogP contribution >= 0.6 is 22.6 Å². The highest BCUT2D eigenvalue weighted by atomic mass is 127. The van der Waals surface area contributed by atoms with Crippen LogP contribution in [0, 0.1) is 9.39 Å². The topological polar surface area (TPSA) is 60.9 Å². The first-order chi connectivity index (χ1) is 10.6. The molecule has 0 aliphatic rings. The standard InChI is InChI=1S/C16H13FIN3O/c17-10-8-12-15(13(18)9-10)20-14(6-7-19)21(16(12)22)11-4-2-1-3-5-11/h1-5,8-9H,6-7,19H2. The molecule has 6 heteroatoms. The van der Waals surface area contributed by atoms with E-state index in [0.717, 1.165) is 0 Å². The Labute approximate surface area is 139 Å². The van der Waals surface area contributed by atoms with Crippen molar-refractivity contribution in [2.75, 3.05) is 6.54 Å². The number of benzene rings is 2. The molecule has 1 aromatic heterocycles. The fraction of sp³-hybridized carbons (Fsp3) is 0.125. The van der Waals surface area contributed by atoms with E-state index in [-0.39, 0.29) is 10.9 Å². The van der Waals surface area contributed by atoms with Gasteiger partial charge in [-0.2, -0.15) is 0 Å². The van der Waals surface area contributed by atoms with Gasteiger partial charge >= 0.3 is 0 Å². The summed E-state index contributed by atoms with van der Waals surface area (Å²) in [5, 5.41) is 0.272. The number of halogens is 2. The van der Waals surface area contributed by atoms with Crippen LogP contribution in [0.15, 0.2) is 47.3 Å². The third kappa shape index (κ3) is 2.64. The Morgan fingerprint density at radius 1 is 1.23 bits per heavy atom. The van der Waals surface area contributed by atoms with Crippen LogP contribution in [-0.2, 0) is 6.42 Å². The van der Waals surface area contributed by atoms with Crippen LogP contribution in [-0.4, -0.2) is 16.1 Å². The predicted molar refractivity (Wildman–Crippen MR) is 92.8 cm³/mol. The second-order valence-corrected chi connectivity index (χ2v) is 5.99. The first-order valence-corrected chi connectivity index (χ1v) is 7.86. The second-order valence-electron chi connectivity index (χ2n) is 4.83. The van der Waals surface area contributed by atoms with Gasteiger partial charge in [0.15, 0.2) is 0 Å². The Bertz CT molecular complexity index is 893. The van der Waals surface area contributed by atoms with Crippen molar-refractivity contribution in [3.8, 4) is 5.69 Å². The number of aromatic nitrogens is 2. The fourth-order valence-corrected chi connectivity index (χ4v) is 3.11. The zero-order valence-corrected chi connectivity index (χ0v) is 13.7. The number of nitrogens with two attached hydrogens (primary N) is 1. The van der Waals surface area contributed by atoms with Gasteiger partial charge < -0.3 is 5.73 Å². The largest absolute Gasteiger partial charge is 0.330 e. The van der Waals surface area contributed by atoms with Crippen molar-refractivity contribution in [2.45, 2.75) is 6.42 Å². The Hall–Kier alpha value is -1.80. The number of para-hydroxylation sites is 1. The molecule has 0 fully saturated rings. The van der Waals surface area contributed by atoms with E-state index in [2.05, 4.69) is 4.98 Å². The average Bonchev–Trinajstić information content (AvgIpc) is 2.50. The molecule has 0 amide bonds. The zero-order valence-electron chi connectivity index (χ0n) is 11.6. The molecule has 3 rings (SSSR count). The molecule has 0 aliphatic carbocycles. The molecule has 2 N–H and O–H groups in total. The normalized spacial score (nSPS) is 11.0. The lowest BCUT2D eigenvalue weighted by molar-refractivity contribution is 0.628. The van der Waals surface area contributed by atoms with Crippen LogP contribution in [0.1, 0.15) is 5.82 Å². The first-order valence-electron chi connectivity index (χ1n) is 6.78. The van der Waals surface area contributed by atoms with Gasteiger partial charge in [0.1, 0.15) is 11.6 Å². The molecule has 22 heavy (non-hydrogen) atoms. The molecule has 0 saturated heterocycles. The van der Waals surface area contributed by atoms with E-state index in [9.17, 15) is 9.18 Å². The highest BCUT2D eigenvalue weighted by Crippen LogP contribution is 2.20. The lowest BCUT2D eigenvalue weighted by Gasteiger charge is -2.13.